The molecule has 2 heterocycles. The molecule has 6 nitrogen and oxygen atoms in total. The number of ether oxygens (including phenoxy) is 1. The monoisotopic (exact) mass is 317 g/mol. The van der Waals surface area contributed by atoms with Crippen molar-refractivity contribution < 1.29 is 14.3 Å². The van der Waals surface area contributed by atoms with Gasteiger partial charge < -0.3 is 20.3 Å². The van der Waals surface area contributed by atoms with Crippen LogP contribution in [0.15, 0.2) is 18.2 Å². The lowest BCUT2D eigenvalue weighted by atomic mass is 9.99. The van der Waals surface area contributed by atoms with Crippen LogP contribution in [0.1, 0.15) is 24.8 Å². The lowest BCUT2D eigenvalue weighted by Gasteiger charge is -2.31. The maximum atomic E-state index is 12.5. The van der Waals surface area contributed by atoms with Crippen LogP contribution in [-0.2, 0) is 20.7 Å². The number of nitrogens with zero attached hydrogens (tertiary/aromatic N) is 2. The molecule has 0 atom stereocenters. The molecule has 0 saturated carbocycles. The Kier molecular flexibility index (Phi) is 4.81. The molecule has 2 aliphatic heterocycles. The number of anilines is 2. The van der Waals surface area contributed by atoms with Crippen molar-refractivity contribution in [2.45, 2.75) is 25.7 Å². The summed E-state index contributed by atoms with van der Waals surface area (Å²) in [5.74, 6) is 0.0321. The van der Waals surface area contributed by atoms with E-state index in [2.05, 4.69) is 0 Å². The molecule has 0 radical (unpaired) electrons. The van der Waals surface area contributed by atoms with Gasteiger partial charge in [0, 0.05) is 43.9 Å². The lowest BCUT2D eigenvalue weighted by Crippen LogP contribution is -2.41. The summed E-state index contributed by atoms with van der Waals surface area (Å²) >= 11 is 0. The molecular formula is C17H23N3O3. The number of benzene rings is 1. The summed E-state index contributed by atoms with van der Waals surface area (Å²) in [6.45, 7) is 3.10. The molecule has 23 heavy (non-hydrogen) atoms. The fourth-order valence-electron chi connectivity index (χ4n) is 3.23. The number of carbonyl (C=O) groups excluding carboxylic acids is 2. The standard InChI is InChI=1S/C17H23N3O3/c18-14-4-1-5-15-13(14)3-2-8-20(15)17(22)7-6-16(21)19-9-11-23-12-10-19/h1,4-5H,2-3,6-12,18H2. The molecule has 3 rings (SSSR count). The lowest BCUT2D eigenvalue weighted by molar-refractivity contribution is -0.136. The molecule has 0 spiro atoms. The molecule has 0 aromatic heterocycles. The van der Waals surface area contributed by atoms with E-state index in [1.165, 1.54) is 0 Å². The van der Waals surface area contributed by atoms with Crippen molar-refractivity contribution in [2.24, 2.45) is 0 Å². The fraction of sp³-hybridized carbons (Fsp3) is 0.529. The quantitative estimate of drug-likeness (QED) is 0.850. The largest absolute Gasteiger partial charge is 0.398 e. The number of nitrogens with two attached hydrogens (primary N) is 1. The second kappa shape index (κ2) is 7.00. The van der Waals surface area contributed by atoms with Gasteiger partial charge in [-0.3, -0.25) is 9.59 Å². The van der Waals surface area contributed by atoms with Crippen LogP contribution in [0.25, 0.3) is 0 Å². The van der Waals surface area contributed by atoms with Crippen LogP contribution < -0.4 is 10.6 Å². The number of hydrogen-bond acceptors (Lipinski definition) is 4. The minimum atomic E-state index is -0.00170. The Morgan fingerprint density at radius 2 is 1.83 bits per heavy atom. The van der Waals surface area contributed by atoms with Crippen molar-refractivity contribution in [2.75, 3.05) is 43.5 Å². The molecule has 2 N–H and O–H groups in total. The van der Waals surface area contributed by atoms with Gasteiger partial charge in [-0.25, -0.2) is 0 Å². The second-order valence-electron chi connectivity index (χ2n) is 5.99. The first-order valence-corrected chi connectivity index (χ1v) is 8.20. The zero-order valence-electron chi connectivity index (χ0n) is 13.3. The van der Waals surface area contributed by atoms with E-state index in [4.69, 9.17) is 10.5 Å². The summed E-state index contributed by atoms with van der Waals surface area (Å²) in [4.78, 5) is 28.3. The van der Waals surface area contributed by atoms with Gasteiger partial charge in [-0.05, 0) is 30.5 Å². The smallest absolute Gasteiger partial charge is 0.227 e. The van der Waals surface area contributed by atoms with Crippen LogP contribution in [0, 0.1) is 0 Å². The van der Waals surface area contributed by atoms with E-state index < -0.39 is 0 Å². The van der Waals surface area contributed by atoms with Gasteiger partial charge in [-0.2, -0.15) is 0 Å². The van der Waals surface area contributed by atoms with Crippen molar-refractivity contribution >= 4 is 23.2 Å². The fourth-order valence-corrected chi connectivity index (χ4v) is 3.23. The number of nitrogen functional groups attached to an aromatic ring is 1. The third-order valence-electron chi connectivity index (χ3n) is 4.50. The van der Waals surface area contributed by atoms with Gasteiger partial charge in [-0.1, -0.05) is 6.07 Å². The molecule has 1 saturated heterocycles. The van der Waals surface area contributed by atoms with Crippen LogP contribution >= 0.6 is 0 Å². The molecule has 1 fully saturated rings. The van der Waals surface area contributed by atoms with Gasteiger partial charge in [-0.15, -0.1) is 0 Å². The van der Waals surface area contributed by atoms with E-state index in [1.54, 1.807) is 9.80 Å². The Bertz CT molecular complexity index is 597. The minimum absolute atomic E-state index is 0.00170. The Labute approximate surface area is 136 Å². The average molecular weight is 317 g/mol. The number of fused-ring (bicyclic) bond motifs is 1. The molecule has 2 aliphatic rings. The third kappa shape index (κ3) is 3.47. The summed E-state index contributed by atoms with van der Waals surface area (Å²) in [5.41, 5.74) is 8.70. The first kappa shape index (κ1) is 15.8. The van der Waals surface area contributed by atoms with E-state index in [0.717, 1.165) is 29.8 Å². The molecule has 0 unspecified atom stereocenters. The zero-order valence-corrected chi connectivity index (χ0v) is 13.3. The average Bonchev–Trinajstić information content (AvgIpc) is 2.60. The van der Waals surface area contributed by atoms with Crippen LogP contribution in [0.5, 0.6) is 0 Å². The summed E-state index contributed by atoms with van der Waals surface area (Å²) in [6, 6.07) is 5.68. The van der Waals surface area contributed by atoms with Crippen LogP contribution in [-0.4, -0.2) is 49.6 Å². The highest BCUT2D eigenvalue weighted by molar-refractivity contribution is 5.97. The van der Waals surface area contributed by atoms with Crippen LogP contribution in [0.2, 0.25) is 0 Å². The molecule has 1 aromatic rings. The first-order valence-electron chi connectivity index (χ1n) is 8.20. The summed E-state index contributed by atoms with van der Waals surface area (Å²) in [6.07, 6.45) is 2.31. The molecule has 1 aromatic carbocycles. The Morgan fingerprint density at radius 3 is 2.61 bits per heavy atom. The molecular weight excluding hydrogens is 294 g/mol. The van der Waals surface area contributed by atoms with Crippen molar-refractivity contribution in [3.63, 3.8) is 0 Å². The van der Waals surface area contributed by atoms with Crippen molar-refractivity contribution in [3.05, 3.63) is 23.8 Å². The highest BCUT2D eigenvalue weighted by Crippen LogP contribution is 2.31. The van der Waals surface area contributed by atoms with Gasteiger partial charge >= 0.3 is 0 Å². The second-order valence-corrected chi connectivity index (χ2v) is 5.99. The maximum absolute atomic E-state index is 12.5. The zero-order chi connectivity index (χ0) is 16.2. The number of carbonyl (C=O) groups is 2. The van der Waals surface area contributed by atoms with Gasteiger partial charge in [0.05, 0.1) is 13.2 Å². The summed E-state index contributed by atoms with van der Waals surface area (Å²) in [5, 5.41) is 0. The van der Waals surface area contributed by atoms with Gasteiger partial charge in [0.1, 0.15) is 0 Å². The predicted octanol–water partition coefficient (Wildman–Crippen LogP) is 1.19. The van der Waals surface area contributed by atoms with Gasteiger partial charge in [0.15, 0.2) is 0 Å². The van der Waals surface area contributed by atoms with Crippen molar-refractivity contribution in [3.8, 4) is 0 Å². The normalized spacial score (nSPS) is 17.7. The SMILES string of the molecule is Nc1cccc2c1CCCN2C(=O)CCC(=O)N1CCOCC1. The molecule has 0 bridgehead atoms. The van der Waals surface area contributed by atoms with E-state index in [0.29, 0.717) is 32.8 Å². The van der Waals surface area contributed by atoms with E-state index in [1.807, 2.05) is 18.2 Å². The predicted molar refractivity (Wildman–Crippen MR) is 88.2 cm³/mol. The maximum Gasteiger partial charge on any atom is 0.227 e. The molecule has 6 heteroatoms. The third-order valence-corrected chi connectivity index (χ3v) is 4.50. The summed E-state index contributed by atoms with van der Waals surface area (Å²) in [7, 11) is 0. The molecule has 0 aliphatic carbocycles. The Hall–Kier alpha value is -2.08. The minimum Gasteiger partial charge on any atom is -0.398 e. The van der Waals surface area contributed by atoms with Crippen LogP contribution in [0.3, 0.4) is 0 Å². The number of hydrogen-bond donors (Lipinski definition) is 1. The van der Waals surface area contributed by atoms with Gasteiger partial charge in [0.25, 0.3) is 0 Å². The Morgan fingerprint density at radius 1 is 1.09 bits per heavy atom. The van der Waals surface area contributed by atoms with Crippen molar-refractivity contribution in [1.82, 2.24) is 4.90 Å². The number of amides is 2. The first-order chi connectivity index (χ1) is 11.2. The highest BCUT2D eigenvalue weighted by atomic mass is 16.5. The molecule has 124 valence electrons. The number of morpholine rings is 1. The Balaban J connectivity index is 1.61. The van der Waals surface area contributed by atoms with E-state index >= 15 is 0 Å². The van der Waals surface area contributed by atoms with Crippen molar-refractivity contribution in [1.29, 1.82) is 0 Å². The number of rotatable bonds is 3. The van der Waals surface area contributed by atoms with Crippen LogP contribution in [0.4, 0.5) is 11.4 Å². The van der Waals surface area contributed by atoms with E-state index in [-0.39, 0.29) is 24.7 Å². The van der Waals surface area contributed by atoms with E-state index in [9.17, 15) is 9.59 Å². The highest BCUT2D eigenvalue weighted by Gasteiger charge is 2.25. The topological polar surface area (TPSA) is 75.9 Å². The van der Waals surface area contributed by atoms with Gasteiger partial charge in [0.2, 0.25) is 11.8 Å². The summed E-state index contributed by atoms with van der Waals surface area (Å²) < 4.78 is 5.24. The molecule has 2 amide bonds.